The molecule has 3 N–H and O–H groups in total. The molecule has 1 unspecified atom stereocenters. The number of anilines is 2. The lowest BCUT2D eigenvalue weighted by atomic mass is 9.90. The Morgan fingerprint density at radius 3 is 2.53 bits per heavy atom. The van der Waals surface area contributed by atoms with Crippen LogP contribution in [0, 0.1) is 12.8 Å². The number of thiazole rings is 1. The number of amides is 3. The number of nitrogens with one attached hydrogen (secondary N) is 2. The van der Waals surface area contributed by atoms with Crippen molar-refractivity contribution >= 4 is 67.2 Å². The highest BCUT2D eigenvalue weighted by molar-refractivity contribution is 7.22. The van der Waals surface area contributed by atoms with Gasteiger partial charge in [-0.3, -0.25) is 29.9 Å². The molecule has 0 saturated carbocycles. The van der Waals surface area contributed by atoms with Crippen LogP contribution in [0.4, 0.5) is 10.9 Å². The van der Waals surface area contributed by atoms with Crippen molar-refractivity contribution in [3.8, 4) is 16.9 Å². The number of imide groups is 1. The van der Waals surface area contributed by atoms with Gasteiger partial charge < -0.3 is 19.3 Å². The van der Waals surface area contributed by atoms with E-state index in [0.29, 0.717) is 67.0 Å². The largest absolute Gasteiger partial charge is 0.493 e. The van der Waals surface area contributed by atoms with Gasteiger partial charge in [-0.1, -0.05) is 60.2 Å². The zero-order chi connectivity index (χ0) is 46.9. The molecule has 3 aliphatic rings. The average molecular weight is 931 g/mol. The number of carboxylic acids is 1. The van der Waals surface area contributed by atoms with E-state index >= 15 is 0 Å². The Kier molecular flexibility index (Phi) is 12.7. The van der Waals surface area contributed by atoms with E-state index in [-0.39, 0.29) is 29.3 Å². The van der Waals surface area contributed by atoms with Crippen LogP contribution in [0.5, 0.6) is 5.75 Å². The van der Waals surface area contributed by atoms with Crippen LogP contribution < -0.4 is 20.3 Å². The SMILES string of the molecule is Cc1c(OCCCCC2CCN(Cc3nc4cc(C5CCC(=O)NC5=O)ccc4n3C)CC2)cccc1-c1ccc(N2CCc3cccc(C(=O)Nc4nc5ccccc5s4)c3C2)nc1C(=O)O. The minimum absolute atomic E-state index is 0.0320. The molecule has 68 heavy (non-hydrogen) atoms. The van der Waals surface area contributed by atoms with Crippen molar-refractivity contribution < 1.29 is 29.0 Å². The Bertz CT molecular complexity index is 3050. The summed E-state index contributed by atoms with van der Waals surface area (Å²) in [4.78, 5) is 69.4. The number of aryl methyl sites for hydroxylation is 1. The quantitative estimate of drug-likeness (QED) is 0.0702. The van der Waals surface area contributed by atoms with Gasteiger partial charge in [-0.05, 0) is 141 Å². The number of aromatic nitrogens is 4. The standard InChI is InChI=1S/C53H54N8O6S/c1-32-36(38-17-20-46(56-49(38)52(65)66)61-27-24-34-10-7-12-39(40(34)30-61)51(64)58-53-55-41-13-3-4-15-45(41)68-53)11-8-14-44(32)67-28-6-5-9-33-22-25-60(26-23-33)31-47-54-42-29-35(16-19-43(42)59(47)2)37-18-21-48(62)57-50(37)63/h3-4,7-8,10-17,19-20,29,33,37H,5-6,9,18,21-28,30-31H2,1-2H3,(H,65,66)(H,55,58,64)(H,57,62,63). The molecular weight excluding hydrogens is 877 g/mol. The van der Waals surface area contributed by atoms with Gasteiger partial charge in [0.05, 0.1) is 40.3 Å². The minimum atomic E-state index is -1.11. The molecule has 0 bridgehead atoms. The van der Waals surface area contributed by atoms with E-state index in [1.807, 2.05) is 110 Å². The second-order valence-electron chi connectivity index (χ2n) is 18.3. The molecule has 3 aromatic heterocycles. The molecule has 10 rings (SSSR count). The molecule has 2 saturated heterocycles. The van der Waals surface area contributed by atoms with Crippen molar-refractivity contribution in [3.05, 3.63) is 130 Å². The smallest absolute Gasteiger partial charge is 0.355 e. The first-order valence-electron chi connectivity index (χ1n) is 23.6. The van der Waals surface area contributed by atoms with Crippen LogP contribution in [0.3, 0.4) is 0 Å². The fourth-order valence-corrected chi connectivity index (χ4v) is 11.0. The number of carbonyl (C=O) groups is 4. The van der Waals surface area contributed by atoms with Gasteiger partial charge in [0.25, 0.3) is 5.91 Å². The summed E-state index contributed by atoms with van der Waals surface area (Å²) in [5.74, 6) is 0.833. The Morgan fingerprint density at radius 1 is 0.868 bits per heavy atom. The molecular formula is C53H54N8O6S. The number of unbranched alkanes of at least 4 members (excludes halogenated alkanes) is 1. The molecule has 14 nitrogen and oxygen atoms in total. The summed E-state index contributed by atoms with van der Waals surface area (Å²) in [5, 5.41) is 16.5. The number of hydrogen-bond acceptors (Lipinski definition) is 11. The third-order valence-corrected chi connectivity index (χ3v) is 14.9. The number of aromatic carboxylic acids is 1. The number of fused-ring (bicyclic) bond motifs is 3. The maximum Gasteiger partial charge on any atom is 0.355 e. The van der Waals surface area contributed by atoms with Crippen molar-refractivity contribution in [1.82, 2.24) is 29.7 Å². The van der Waals surface area contributed by atoms with E-state index in [0.717, 1.165) is 112 Å². The Labute approximate surface area is 398 Å². The minimum Gasteiger partial charge on any atom is -0.493 e. The Hall–Kier alpha value is -6.97. The number of hydrogen-bond donors (Lipinski definition) is 3. The fourth-order valence-electron chi connectivity index (χ4n) is 10.1. The van der Waals surface area contributed by atoms with Gasteiger partial charge in [0.1, 0.15) is 17.4 Å². The third-order valence-electron chi connectivity index (χ3n) is 14.0. The summed E-state index contributed by atoms with van der Waals surface area (Å²) in [7, 11) is 2.05. The highest BCUT2D eigenvalue weighted by Gasteiger charge is 2.30. The van der Waals surface area contributed by atoms with Crippen molar-refractivity contribution in [2.45, 2.75) is 77.3 Å². The summed E-state index contributed by atoms with van der Waals surface area (Å²) >= 11 is 1.43. The maximum atomic E-state index is 13.6. The highest BCUT2D eigenvalue weighted by atomic mass is 32.1. The fraction of sp³-hybridized carbons (Fsp3) is 0.340. The summed E-state index contributed by atoms with van der Waals surface area (Å²) in [6, 6.07) is 29.0. The number of rotatable bonds is 14. The first kappa shape index (κ1) is 44.8. The van der Waals surface area contributed by atoms with Crippen LogP contribution in [0.1, 0.15) is 99.8 Å². The number of benzene rings is 4. The molecule has 4 aromatic carbocycles. The number of likely N-dealkylation sites (tertiary alicyclic amines) is 1. The molecule has 15 heteroatoms. The second-order valence-corrected chi connectivity index (χ2v) is 19.3. The topological polar surface area (TPSA) is 172 Å². The highest BCUT2D eigenvalue weighted by Crippen LogP contribution is 2.36. The van der Waals surface area contributed by atoms with Gasteiger partial charge in [-0.15, -0.1) is 0 Å². The number of imidazole rings is 1. The predicted octanol–water partition coefficient (Wildman–Crippen LogP) is 9.05. The monoisotopic (exact) mass is 930 g/mol. The zero-order valence-electron chi connectivity index (χ0n) is 38.3. The molecule has 348 valence electrons. The van der Waals surface area contributed by atoms with Crippen molar-refractivity contribution in [2.24, 2.45) is 13.0 Å². The summed E-state index contributed by atoms with van der Waals surface area (Å²) in [6.45, 7) is 6.39. The van der Waals surface area contributed by atoms with Crippen LogP contribution >= 0.6 is 11.3 Å². The molecule has 1 atom stereocenters. The van der Waals surface area contributed by atoms with E-state index in [1.165, 1.54) is 11.3 Å². The van der Waals surface area contributed by atoms with E-state index < -0.39 is 5.97 Å². The molecule has 3 aliphatic heterocycles. The lowest BCUT2D eigenvalue weighted by molar-refractivity contribution is -0.134. The van der Waals surface area contributed by atoms with Crippen LogP contribution in [-0.2, 0) is 36.1 Å². The van der Waals surface area contributed by atoms with Crippen LogP contribution in [-0.4, -0.2) is 79.5 Å². The van der Waals surface area contributed by atoms with Crippen molar-refractivity contribution in [2.75, 3.05) is 36.5 Å². The maximum absolute atomic E-state index is 13.6. The lowest BCUT2D eigenvalue weighted by Crippen LogP contribution is -2.39. The van der Waals surface area contributed by atoms with E-state index in [4.69, 9.17) is 14.7 Å². The van der Waals surface area contributed by atoms with Gasteiger partial charge in [0, 0.05) is 37.7 Å². The molecule has 0 radical (unpaired) electrons. The number of nitrogens with zero attached hydrogens (tertiary/aromatic N) is 6. The first-order chi connectivity index (χ1) is 33.1. The molecule has 3 amide bonds. The zero-order valence-corrected chi connectivity index (χ0v) is 39.1. The molecule has 0 aliphatic carbocycles. The summed E-state index contributed by atoms with van der Waals surface area (Å²) in [6.07, 6.45) is 6.97. The van der Waals surface area contributed by atoms with E-state index in [2.05, 4.69) is 25.1 Å². The van der Waals surface area contributed by atoms with E-state index in [9.17, 15) is 24.3 Å². The Morgan fingerprint density at radius 2 is 1.71 bits per heavy atom. The summed E-state index contributed by atoms with van der Waals surface area (Å²) < 4.78 is 9.48. The summed E-state index contributed by atoms with van der Waals surface area (Å²) in [5.41, 5.74) is 8.31. The van der Waals surface area contributed by atoms with Gasteiger partial charge in [-0.25, -0.2) is 19.7 Å². The number of carboxylic acid groups (broad SMARTS) is 1. The van der Waals surface area contributed by atoms with Crippen LogP contribution in [0.2, 0.25) is 0 Å². The predicted molar refractivity (Wildman–Crippen MR) is 263 cm³/mol. The van der Waals surface area contributed by atoms with Crippen molar-refractivity contribution in [1.29, 1.82) is 0 Å². The number of piperidine rings is 2. The van der Waals surface area contributed by atoms with E-state index in [1.54, 1.807) is 0 Å². The molecule has 7 aromatic rings. The molecule has 6 heterocycles. The number of para-hydroxylation sites is 1. The van der Waals surface area contributed by atoms with Gasteiger partial charge in [0.2, 0.25) is 11.8 Å². The molecule has 0 spiro atoms. The number of pyridine rings is 1. The second kappa shape index (κ2) is 19.3. The van der Waals surface area contributed by atoms with Crippen LogP contribution in [0.25, 0.3) is 32.4 Å². The normalized spacial score (nSPS) is 16.8. The third kappa shape index (κ3) is 9.32. The van der Waals surface area contributed by atoms with Crippen molar-refractivity contribution in [3.63, 3.8) is 0 Å². The van der Waals surface area contributed by atoms with Gasteiger partial charge in [-0.2, -0.15) is 0 Å². The number of carbonyl (C=O) groups excluding carboxylic acids is 3. The average Bonchev–Trinajstić information content (AvgIpc) is 3.90. The first-order valence-corrected chi connectivity index (χ1v) is 24.4. The van der Waals surface area contributed by atoms with Gasteiger partial charge >= 0.3 is 5.97 Å². The van der Waals surface area contributed by atoms with Gasteiger partial charge in [0.15, 0.2) is 10.8 Å². The molecule has 2 fully saturated rings. The Balaban J connectivity index is 0.717. The number of ether oxygens (including phenoxy) is 1. The lowest BCUT2D eigenvalue weighted by Gasteiger charge is -2.31. The van der Waals surface area contributed by atoms with Crippen LogP contribution in [0.15, 0.2) is 91.0 Å².